The molecule has 0 bridgehead atoms. The van der Waals surface area contributed by atoms with Gasteiger partial charge in [-0.1, -0.05) is 12.1 Å². The van der Waals surface area contributed by atoms with Gasteiger partial charge in [0.15, 0.2) is 5.79 Å². The van der Waals surface area contributed by atoms with Crippen LogP contribution in [-0.2, 0) is 26.9 Å². The lowest BCUT2D eigenvalue weighted by molar-refractivity contribution is -0.138. The van der Waals surface area contributed by atoms with Crippen molar-refractivity contribution in [1.82, 2.24) is 0 Å². The summed E-state index contributed by atoms with van der Waals surface area (Å²) in [6.07, 6.45) is -4.74. The molecular weight excluding hydrogens is 409 g/mol. The molecule has 2 aromatic rings. The Hall–Kier alpha value is -2.23. The van der Waals surface area contributed by atoms with Gasteiger partial charge in [0, 0.05) is 10.4 Å². The fourth-order valence-electron chi connectivity index (χ4n) is 2.59. The fraction of sp³-hybridized carbons (Fsp3) is 0.400. The summed E-state index contributed by atoms with van der Waals surface area (Å²) in [6, 6.07) is 5.76. The maximum absolute atomic E-state index is 12.7. The first-order valence-electron chi connectivity index (χ1n) is 8.70. The standard InChI is InChI=1S/C15H11F3O3S.C5H10O2/c1-8-5-11(7-12(19)20)22-14(8)13(21)9-3-2-4-10(6-9)15(16,17)18;1-5(2)6-3-4-7-5/h2-6H,7H2,1H3,(H,19,20);3-4H2,1-2H3. The van der Waals surface area contributed by atoms with E-state index in [0.717, 1.165) is 36.7 Å². The Morgan fingerprint density at radius 1 is 1.17 bits per heavy atom. The Balaban J connectivity index is 0.000000360. The van der Waals surface area contributed by atoms with Gasteiger partial charge in [-0.15, -0.1) is 11.3 Å². The molecule has 0 unspecified atom stereocenters. The molecule has 29 heavy (non-hydrogen) atoms. The maximum Gasteiger partial charge on any atom is 0.416 e. The number of thiophene rings is 1. The van der Waals surface area contributed by atoms with Gasteiger partial charge in [0.1, 0.15) is 0 Å². The maximum atomic E-state index is 12.7. The largest absolute Gasteiger partial charge is 0.481 e. The van der Waals surface area contributed by atoms with Crippen LogP contribution in [0.3, 0.4) is 0 Å². The number of carbonyl (C=O) groups excluding carboxylic acids is 1. The number of carboxylic acids is 1. The molecule has 1 aromatic heterocycles. The van der Waals surface area contributed by atoms with E-state index >= 15 is 0 Å². The SMILES string of the molecule is CC1(C)OCCO1.Cc1cc(CC(=O)O)sc1C(=O)c1cccc(C(F)(F)F)c1. The molecule has 1 aromatic carbocycles. The molecule has 5 nitrogen and oxygen atoms in total. The van der Waals surface area contributed by atoms with Crippen molar-refractivity contribution in [2.24, 2.45) is 0 Å². The molecule has 0 radical (unpaired) electrons. The molecule has 1 aliphatic rings. The lowest BCUT2D eigenvalue weighted by Gasteiger charge is -2.13. The Labute approximate surface area is 170 Å². The van der Waals surface area contributed by atoms with Crippen molar-refractivity contribution < 1.29 is 37.3 Å². The normalized spacial score (nSPS) is 15.5. The third-order valence-electron chi connectivity index (χ3n) is 3.94. The summed E-state index contributed by atoms with van der Waals surface area (Å²) in [5.74, 6) is -1.87. The number of hydrogen-bond acceptors (Lipinski definition) is 5. The molecular formula is C20H21F3O5S. The quantitative estimate of drug-likeness (QED) is 0.712. The molecule has 1 N–H and O–H groups in total. The number of hydrogen-bond donors (Lipinski definition) is 1. The Kier molecular flexibility index (Phi) is 7.20. The number of ketones is 1. The Morgan fingerprint density at radius 2 is 1.79 bits per heavy atom. The molecule has 0 saturated carbocycles. The summed E-state index contributed by atoms with van der Waals surface area (Å²) in [5, 5.41) is 8.75. The summed E-state index contributed by atoms with van der Waals surface area (Å²) in [4.78, 5) is 23.8. The van der Waals surface area contributed by atoms with Crippen LogP contribution in [-0.4, -0.2) is 35.9 Å². The highest BCUT2D eigenvalue weighted by molar-refractivity contribution is 7.14. The van der Waals surface area contributed by atoms with E-state index in [1.165, 1.54) is 12.1 Å². The van der Waals surface area contributed by atoms with E-state index in [2.05, 4.69) is 0 Å². The first kappa shape index (κ1) is 23.1. The first-order valence-corrected chi connectivity index (χ1v) is 9.51. The minimum atomic E-state index is -4.52. The third-order valence-corrected chi connectivity index (χ3v) is 5.17. The van der Waals surface area contributed by atoms with Crippen LogP contribution in [0.25, 0.3) is 0 Å². The molecule has 0 aliphatic carbocycles. The predicted octanol–water partition coefficient (Wildman–Crippen LogP) is 4.70. The van der Waals surface area contributed by atoms with E-state index < -0.39 is 23.5 Å². The molecule has 0 atom stereocenters. The molecule has 2 heterocycles. The number of aryl methyl sites for hydroxylation is 1. The van der Waals surface area contributed by atoms with Crippen molar-refractivity contribution in [2.45, 2.75) is 39.2 Å². The highest BCUT2D eigenvalue weighted by atomic mass is 32.1. The van der Waals surface area contributed by atoms with Crippen LogP contribution < -0.4 is 0 Å². The zero-order valence-corrected chi connectivity index (χ0v) is 16.9. The fourth-order valence-corrected chi connectivity index (χ4v) is 3.72. The Bertz CT molecular complexity index is 878. The van der Waals surface area contributed by atoms with Gasteiger partial charge < -0.3 is 14.6 Å². The lowest BCUT2D eigenvalue weighted by Crippen LogP contribution is -2.18. The summed E-state index contributed by atoms with van der Waals surface area (Å²) >= 11 is 0.992. The van der Waals surface area contributed by atoms with Crippen LogP contribution in [0.5, 0.6) is 0 Å². The number of carbonyl (C=O) groups is 2. The van der Waals surface area contributed by atoms with Crippen molar-refractivity contribution in [3.8, 4) is 0 Å². The molecule has 1 fully saturated rings. The van der Waals surface area contributed by atoms with E-state index in [-0.39, 0.29) is 22.6 Å². The second-order valence-electron chi connectivity index (χ2n) is 6.80. The second kappa shape index (κ2) is 9.06. The van der Waals surface area contributed by atoms with E-state index in [0.29, 0.717) is 10.4 Å². The highest BCUT2D eigenvalue weighted by Gasteiger charge is 2.31. The van der Waals surface area contributed by atoms with Crippen LogP contribution in [0.2, 0.25) is 0 Å². The number of ether oxygens (including phenoxy) is 2. The summed E-state index contributed by atoms with van der Waals surface area (Å²) in [6.45, 7) is 6.95. The zero-order valence-electron chi connectivity index (χ0n) is 16.1. The Morgan fingerprint density at radius 3 is 2.28 bits per heavy atom. The van der Waals surface area contributed by atoms with Crippen LogP contribution in [0.15, 0.2) is 30.3 Å². The lowest BCUT2D eigenvalue weighted by atomic mass is 10.0. The van der Waals surface area contributed by atoms with Gasteiger partial charge >= 0.3 is 12.1 Å². The number of carboxylic acid groups (broad SMARTS) is 1. The second-order valence-corrected chi connectivity index (χ2v) is 7.94. The van der Waals surface area contributed by atoms with Crippen molar-refractivity contribution in [1.29, 1.82) is 0 Å². The zero-order chi connectivity index (χ0) is 21.8. The molecule has 3 rings (SSSR count). The number of aliphatic carboxylic acids is 1. The van der Waals surface area contributed by atoms with Crippen molar-refractivity contribution in [3.63, 3.8) is 0 Å². The molecule has 9 heteroatoms. The van der Waals surface area contributed by atoms with E-state index in [1.54, 1.807) is 13.0 Å². The van der Waals surface area contributed by atoms with Gasteiger partial charge in [-0.25, -0.2) is 0 Å². The van der Waals surface area contributed by atoms with Gasteiger partial charge in [0.05, 0.1) is 30.1 Å². The first-order chi connectivity index (χ1) is 13.4. The van der Waals surface area contributed by atoms with Crippen LogP contribution >= 0.6 is 11.3 Å². The number of halogens is 3. The number of alkyl halides is 3. The molecule has 1 aliphatic heterocycles. The van der Waals surface area contributed by atoms with Gasteiger partial charge in [-0.2, -0.15) is 13.2 Å². The third kappa shape index (κ3) is 6.66. The predicted molar refractivity (Wildman–Crippen MR) is 101 cm³/mol. The number of rotatable bonds is 4. The summed E-state index contributed by atoms with van der Waals surface area (Å²) in [5.41, 5.74) is -0.399. The molecule has 0 amide bonds. The smallest absolute Gasteiger partial charge is 0.416 e. The van der Waals surface area contributed by atoms with Crippen molar-refractivity contribution >= 4 is 23.1 Å². The van der Waals surface area contributed by atoms with Gasteiger partial charge in [-0.3, -0.25) is 9.59 Å². The number of benzene rings is 1. The van der Waals surface area contributed by atoms with Crippen LogP contribution in [0.1, 0.15) is 45.1 Å². The van der Waals surface area contributed by atoms with Gasteiger partial charge in [0.2, 0.25) is 5.78 Å². The minimum Gasteiger partial charge on any atom is -0.481 e. The average Bonchev–Trinajstić information content (AvgIpc) is 3.18. The monoisotopic (exact) mass is 430 g/mol. The van der Waals surface area contributed by atoms with Crippen LogP contribution in [0, 0.1) is 6.92 Å². The van der Waals surface area contributed by atoms with E-state index in [4.69, 9.17) is 14.6 Å². The van der Waals surface area contributed by atoms with E-state index in [1.807, 2.05) is 13.8 Å². The summed E-state index contributed by atoms with van der Waals surface area (Å²) < 4.78 is 48.3. The molecule has 158 valence electrons. The highest BCUT2D eigenvalue weighted by Crippen LogP contribution is 2.31. The average molecular weight is 430 g/mol. The summed E-state index contributed by atoms with van der Waals surface area (Å²) in [7, 11) is 0. The van der Waals surface area contributed by atoms with Crippen molar-refractivity contribution in [3.05, 3.63) is 56.8 Å². The topological polar surface area (TPSA) is 72.8 Å². The van der Waals surface area contributed by atoms with E-state index in [9.17, 15) is 22.8 Å². The van der Waals surface area contributed by atoms with Gasteiger partial charge in [-0.05, 0) is 44.5 Å². The van der Waals surface area contributed by atoms with Crippen molar-refractivity contribution in [2.75, 3.05) is 13.2 Å². The van der Waals surface area contributed by atoms with Gasteiger partial charge in [0.25, 0.3) is 0 Å². The molecule has 0 spiro atoms. The van der Waals surface area contributed by atoms with Crippen LogP contribution in [0.4, 0.5) is 13.2 Å². The molecule has 1 saturated heterocycles. The minimum absolute atomic E-state index is 0.0679.